The molecule has 0 saturated carbocycles. The van der Waals surface area contributed by atoms with Gasteiger partial charge in [-0.15, -0.1) is 6.58 Å². The number of allylic oxidation sites excluding steroid dienone is 1. The summed E-state index contributed by atoms with van der Waals surface area (Å²) in [7, 11) is 0. The average molecular weight is 493 g/mol. The van der Waals surface area contributed by atoms with Crippen molar-refractivity contribution in [1.29, 1.82) is 0 Å². The molecule has 0 radical (unpaired) electrons. The van der Waals surface area contributed by atoms with Gasteiger partial charge >= 0.3 is 0 Å². The molecule has 1 amide bonds. The fourth-order valence-corrected chi connectivity index (χ4v) is 3.24. The molecule has 0 aliphatic heterocycles. The number of pyridine rings is 2. The van der Waals surface area contributed by atoms with Crippen LogP contribution in [-0.4, -0.2) is 25.7 Å². The summed E-state index contributed by atoms with van der Waals surface area (Å²) in [5, 5.41) is 6.86. The van der Waals surface area contributed by atoms with Gasteiger partial charge in [0.1, 0.15) is 16.7 Å². The van der Waals surface area contributed by atoms with Gasteiger partial charge in [0.15, 0.2) is 11.4 Å². The summed E-state index contributed by atoms with van der Waals surface area (Å²) in [5.41, 5.74) is 5.66. The Morgan fingerprint density at radius 2 is 1.97 bits per heavy atom. The first-order chi connectivity index (χ1) is 16.9. The first-order valence-corrected chi connectivity index (χ1v) is 10.6. The van der Waals surface area contributed by atoms with Gasteiger partial charge in [0.25, 0.3) is 5.91 Å². The van der Waals surface area contributed by atoms with Crippen molar-refractivity contribution < 1.29 is 13.9 Å². The first-order valence-electron chi connectivity index (χ1n) is 10.2. The Hall–Kier alpha value is -4.57. The lowest BCUT2D eigenvalue weighted by Crippen LogP contribution is -2.27. The van der Waals surface area contributed by atoms with Crippen molar-refractivity contribution >= 4 is 29.0 Å². The third kappa shape index (κ3) is 5.33. The number of carbonyl (C=O) groups excluding carboxylic acids is 1. The van der Waals surface area contributed by atoms with E-state index in [2.05, 4.69) is 27.0 Å². The molecule has 0 bridgehead atoms. The lowest BCUT2D eigenvalue weighted by molar-refractivity contribution is 0.101. The molecule has 0 aliphatic carbocycles. The van der Waals surface area contributed by atoms with Crippen molar-refractivity contribution in [3.05, 3.63) is 100 Å². The smallest absolute Gasteiger partial charge is 0.280 e. The monoisotopic (exact) mass is 492 g/mol. The van der Waals surface area contributed by atoms with E-state index in [1.165, 1.54) is 65.7 Å². The minimum Gasteiger partial charge on any atom is -0.437 e. The topological polar surface area (TPSA) is 125 Å². The fourth-order valence-electron chi connectivity index (χ4n) is 3.09. The average Bonchev–Trinajstić information content (AvgIpc) is 2.85. The lowest BCUT2D eigenvalue weighted by Gasteiger charge is -2.11. The van der Waals surface area contributed by atoms with Crippen molar-refractivity contribution in [3.8, 4) is 22.8 Å². The number of nitrogen functional groups attached to an aromatic ring is 1. The van der Waals surface area contributed by atoms with E-state index in [0.717, 1.165) is 0 Å². The van der Waals surface area contributed by atoms with Gasteiger partial charge in [-0.25, -0.2) is 14.4 Å². The van der Waals surface area contributed by atoms with Gasteiger partial charge < -0.3 is 15.8 Å². The van der Waals surface area contributed by atoms with Gasteiger partial charge in [0, 0.05) is 30.1 Å². The third-order valence-corrected chi connectivity index (χ3v) is 5.12. The molecule has 4 aromatic rings. The standard InChI is InChI=1S/C24H18ClFN6O3/c1-2-11-32-13-17(14-3-5-15(26)6-4-14)22(33)21(31-32)24(34)30-16-7-8-19(29-12-16)35-18-9-10-28-23(27)20(18)25/h2-10,12-13H,1,11H2,(H2,27,28)(H,30,34). The van der Waals surface area contributed by atoms with E-state index in [4.69, 9.17) is 22.1 Å². The minimum atomic E-state index is -0.739. The summed E-state index contributed by atoms with van der Waals surface area (Å²) >= 11 is 6.07. The molecule has 0 unspecified atom stereocenters. The number of hydrogen-bond donors (Lipinski definition) is 2. The summed E-state index contributed by atoms with van der Waals surface area (Å²) < 4.78 is 20.3. The Morgan fingerprint density at radius 3 is 2.66 bits per heavy atom. The summed E-state index contributed by atoms with van der Waals surface area (Å²) in [6.07, 6.45) is 5.84. The maximum absolute atomic E-state index is 13.3. The number of nitrogens with zero attached hydrogens (tertiary/aromatic N) is 4. The Bertz CT molecular complexity index is 1460. The maximum Gasteiger partial charge on any atom is 0.280 e. The Kier molecular flexibility index (Phi) is 6.83. The number of nitrogens with one attached hydrogen (secondary N) is 1. The van der Waals surface area contributed by atoms with E-state index in [0.29, 0.717) is 11.3 Å². The minimum absolute atomic E-state index is 0.116. The maximum atomic E-state index is 13.3. The molecule has 0 fully saturated rings. The van der Waals surface area contributed by atoms with Gasteiger partial charge in [0.05, 0.1) is 18.4 Å². The normalized spacial score (nSPS) is 10.6. The van der Waals surface area contributed by atoms with Crippen molar-refractivity contribution in [3.63, 3.8) is 0 Å². The number of aromatic nitrogens is 4. The second kappa shape index (κ2) is 10.1. The van der Waals surface area contributed by atoms with Gasteiger partial charge in [-0.2, -0.15) is 5.10 Å². The van der Waals surface area contributed by atoms with E-state index < -0.39 is 17.2 Å². The van der Waals surface area contributed by atoms with Crippen LogP contribution in [0.25, 0.3) is 11.1 Å². The van der Waals surface area contributed by atoms with Gasteiger partial charge in [-0.05, 0) is 23.8 Å². The van der Waals surface area contributed by atoms with Crippen LogP contribution in [0.1, 0.15) is 10.5 Å². The van der Waals surface area contributed by atoms with Crippen molar-refractivity contribution in [1.82, 2.24) is 19.7 Å². The van der Waals surface area contributed by atoms with Gasteiger partial charge in [-0.3, -0.25) is 14.3 Å². The molecule has 1 aromatic carbocycles. The zero-order valence-corrected chi connectivity index (χ0v) is 18.9. The molecule has 3 heterocycles. The van der Waals surface area contributed by atoms with Gasteiger partial charge in [-0.1, -0.05) is 29.8 Å². The summed E-state index contributed by atoms with van der Waals surface area (Å²) in [4.78, 5) is 33.9. The molecule has 0 atom stereocenters. The fraction of sp³-hybridized carbons (Fsp3) is 0.0417. The van der Waals surface area contributed by atoms with Crippen LogP contribution in [0.3, 0.4) is 0 Å². The van der Waals surface area contributed by atoms with Crippen molar-refractivity contribution in [2.24, 2.45) is 0 Å². The zero-order chi connectivity index (χ0) is 24.9. The number of ether oxygens (including phenoxy) is 1. The Labute approximate surface area is 203 Å². The number of hydrogen-bond acceptors (Lipinski definition) is 7. The zero-order valence-electron chi connectivity index (χ0n) is 18.1. The molecule has 0 spiro atoms. The summed E-state index contributed by atoms with van der Waals surface area (Å²) in [5.74, 6) is -0.599. The van der Waals surface area contributed by atoms with Crippen molar-refractivity contribution in [2.75, 3.05) is 11.1 Å². The Balaban J connectivity index is 1.58. The van der Waals surface area contributed by atoms with Gasteiger partial charge in [0.2, 0.25) is 11.3 Å². The number of anilines is 2. The molecule has 0 saturated heterocycles. The van der Waals surface area contributed by atoms with E-state index in [-0.39, 0.29) is 40.3 Å². The lowest BCUT2D eigenvalue weighted by atomic mass is 10.1. The molecule has 4 rings (SSSR count). The number of halogens is 2. The highest BCUT2D eigenvalue weighted by molar-refractivity contribution is 6.34. The van der Waals surface area contributed by atoms with E-state index in [1.54, 1.807) is 6.08 Å². The first kappa shape index (κ1) is 23.6. The third-order valence-electron chi connectivity index (χ3n) is 4.74. The van der Waals surface area contributed by atoms with Crippen LogP contribution in [0.2, 0.25) is 5.02 Å². The Morgan fingerprint density at radius 1 is 1.20 bits per heavy atom. The van der Waals surface area contributed by atoms with E-state index in [9.17, 15) is 14.0 Å². The number of benzene rings is 1. The van der Waals surface area contributed by atoms with Crippen LogP contribution < -0.4 is 21.2 Å². The van der Waals surface area contributed by atoms with Crippen LogP contribution in [0, 0.1) is 5.82 Å². The number of nitrogens with two attached hydrogens (primary N) is 1. The van der Waals surface area contributed by atoms with Crippen LogP contribution in [-0.2, 0) is 6.54 Å². The quantitative estimate of drug-likeness (QED) is 0.368. The predicted molar refractivity (Wildman–Crippen MR) is 130 cm³/mol. The number of amides is 1. The molecular formula is C24H18ClFN6O3. The van der Waals surface area contributed by atoms with Crippen LogP contribution in [0.4, 0.5) is 15.9 Å². The highest BCUT2D eigenvalue weighted by Gasteiger charge is 2.18. The summed E-state index contributed by atoms with van der Waals surface area (Å²) in [6.45, 7) is 3.91. The molecule has 176 valence electrons. The highest BCUT2D eigenvalue weighted by Crippen LogP contribution is 2.31. The van der Waals surface area contributed by atoms with Crippen LogP contribution in [0.15, 0.2) is 78.5 Å². The number of carbonyl (C=O) groups is 1. The second-order valence-electron chi connectivity index (χ2n) is 7.19. The molecule has 3 aromatic heterocycles. The highest BCUT2D eigenvalue weighted by atomic mass is 35.5. The van der Waals surface area contributed by atoms with E-state index in [1.807, 2.05) is 0 Å². The molecule has 11 heteroatoms. The molecule has 35 heavy (non-hydrogen) atoms. The molecule has 3 N–H and O–H groups in total. The summed E-state index contributed by atoms with van der Waals surface area (Å²) in [6, 6.07) is 9.94. The largest absolute Gasteiger partial charge is 0.437 e. The number of rotatable bonds is 7. The second-order valence-corrected chi connectivity index (χ2v) is 7.57. The molecule has 0 aliphatic rings. The SMILES string of the molecule is C=CCn1cc(-c2ccc(F)cc2)c(=O)c(C(=O)Nc2ccc(Oc3ccnc(N)c3Cl)nc2)n1. The van der Waals surface area contributed by atoms with Crippen molar-refractivity contribution in [2.45, 2.75) is 6.54 Å². The van der Waals surface area contributed by atoms with E-state index >= 15 is 0 Å². The predicted octanol–water partition coefficient (Wildman–Crippen LogP) is 4.31. The van der Waals surface area contributed by atoms with Crippen LogP contribution in [0.5, 0.6) is 11.6 Å². The molecule has 9 nitrogen and oxygen atoms in total. The molecular weight excluding hydrogens is 475 g/mol. The van der Waals surface area contributed by atoms with Crippen LogP contribution >= 0.6 is 11.6 Å².